The number of rotatable bonds is 7. The third kappa shape index (κ3) is 7.47. The number of nitrogens with one attached hydrogen (secondary N) is 1. The van der Waals surface area contributed by atoms with E-state index in [1.807, 2.05) is 0 Å². The zero-order chi connectivity index (χ0) is 28.3. The lowest BCUT2D eigenvalue weighted by Crippen LogP contribution is -2.52. The highest BCUT2D eigenvalue weighted by molar-refractivity contribution is 6.30. The largest absolute Gasteiger partial charge is 0.484 e. The number of piperidine rings is 1. The van der Waals surface area contributed by atoms with Crippen molar-refractivity contribution in [2.75, 3.05) is 13.2 Å². The van der Waals surface area contributed by atoms with Crippen LogP contribution in [-0.4, -0.2) is 53.3 Å². The molecule has 9 nitrogen and oxygen atoms in total. The minimum Gasteiger partial charge on any atom is -0.484 e. The number of benzene rings is 2. The molecule has 39 heavy (non-hydrogen) atoms. The highest BCUT2D eigenvalue weighted by atomic mass is 35.5. The van der Waals surface area contributed by atoms with Gasteiger partial charge >= 0.3 is 12.7 Å². The molecule has 1 N–H and O–H groups in total. The number of aromatic nitrogens is 1. The second-order valence-electron chi connectivity index (χ2n) is 9.92. The maximum atomic E-state index is 13.6. The first-order valence-electron chi connectivity index (χ1n) is 12.1. The van der Waals surface area contributed by atoms with Crippen molar-refractivity contribution in [3.63, 3.8) is 0 Å². The molecule has 0 unspecified atom stereocenters. The Morgan fingerprint density at radius 1 is 1.18 bits per heavy atom. The minimum atomic E-state index is -2.99. The molecule has 1 aliphatic rings. The molecule has 1 aromatic heterocycles. The van der Waals surface area contributed by atoms with Crippen LogP contribution in [0.2, 0.25) is 5.02 Å². The van der Waals surface area contributed by atoms with Crippen molar-refractivity contribution in [2.45, 2.75) is 57.9 Å². The number of oxazole rings is 1. The van der Waals surface area contributed by atoms with Gasteiger partial charge in [-0.15, -0.1) is 0 Å². The summed E-state index contributed by atoms with van der Waals surface area (Å²) in [6.45, 7) is 1.90. The number of carbonyl (C=O) groups is 2. The first kappa shape index (κ1) is 28.3. The lowest BCUT2D eigenvalue weighted by Gasteiger charge is -2.38. The third-order valence-electron chi connectivity index (χ3n) is 5.72. The molecule has 0 radical (unpaired) electrons. The molecular weight excluding hydrogens is 543 g/mol. The number of amides is 2. The van der Waals surface area contributed by atoms with Gasteiger partial charge in [-0.05, 0) is 57.9 Å². The fraction of sp³-hybridized carbons (Fsp3) is 0.423. The van der Waals surface area contributed by atoms with E-state index >= 15 is 0 Å². The summed E-state index contributed by atoms with van der Waals surface area (Å²) < 4.78 is 60.0. The van der Waals surface area contributed by atoms with Crippen LogP contribution < -0.4 is 14.8 Å². The molecule has 1 fully saturated rings. The quantitative estimate of drug-likeness (QED) is 0.380. The normalized spacial score (nSPS) is 17.8. The molecule has 2 heterocycles. The van der Waals surface area contributed by atoms with Gasteiger partial charge in [0.15, 0.2) is 12.2 Å². The Labute approximate surface area is 227 Å². The van der Waals surface area contributed by atoms with Gasteiger partial charge in [0.2, 0.25) is 5.89 Å². The Morgan fingerprint density at radius 2 is 1.92 bits per heavy atom. The minimum absolute atomic E-state index is 0.0633. The van der Waals surface area contributed by atoms with Crippen molar-refractivity contribution in [1.82, 2.24) is 15.2 Å². The molecule has 1 aliphatic heterocycles. The lowest BCUT2D eigenvalue weighted by atomic mass is 9.98. The van der Waals surface area contributed by atoms with E-state index in [9.17, 15) is 22.8 Å². The number of hydrogen-bond donors (Lipinski definition) is 1. The molecule has 0 aliphatic carbocycles. The second kappa shape index (κ2) is 11.6. The van der Waals surface area contributed by atoms with Gasteiger partial charge in [0.05, 0.1) is 5.02 Å². The molecule has 210 valence electrons. The first-order chi connectivity index (χ1) is 18.4. The van der Waals surface area contributed by atoms with Crippen molar-refractivity contribution >= 4 is 34.7 Å². The summed E-state index contributed by atoms with van der Waals surface area (Å²) >= 11 is 5.66. The van der Waals surface area contributed by atoms with Gasteiger partial charge in [-0.25, -0.2) is 14.2 Å². The van der Waals surface area contributed by atoms with Gasteiger partial charge in [0.1, 0.15) is 34.5 Å². The third-order valence-corrected chi connectivity index (χ3v) is 6.03. The predicted molar refractivity (Wildman–Crippen MR) is 134 cm³/mol. The Bertz CT molecular complexity index is 1350. The Morgan fingerprint density at radius 3 is 2.62 bits per heavy atom. The maximum Gasteiger partial charge on any atom is 0.411 e. The van der Waals surface area contributed by atoms with E-state index in [-0.39, 0.29) is 41.1 Å². The zero-order valence-corrected chi connectivity index (χ0v) is 22.1. The first-order valence-corrected chi connectivity index (χ1v) is 12.5. The average molecular weight is 570 g/mol. The van der Waals surface area contributed by atoms with E-state index in [4.69, 9.17) is 25.5 Å². The van der Waals surface area contributed by atoms with Crippen molar-refractivity contribution in [3.8, 4) is 11.5 Å². The molecule has 0 saturated carbocycles. The summed E-state index contributed by atoms with van der Waals surface area (Å²) in [6, 6.07) is 6.90. The number of hydrogen-bond acceptors (Lipinski definition) is 7. The number of likely N-dealkylation sites (tertiary alicyclic amines) is 1. The van der Waals surface area contributed by atoms with Crippen molar-refractivity contribution in [2.24, 2.45) is 0 Å². The van der Waals surface area contributed by atoms with Crippen molar-refractivity contribution in [3.05, 3.63) is 53.1 Å². The van der Waals surface area contributed by atoms with E-state index in [1.165, 1.54) is 35.2 Å². The van der Waals surface area contributed by atoms with Crippen LogP contribution in [0.15, 0.2) is 40.8 Å². The van der Waals surface area contributed by atoms with E-state index in [0.717, 1.165) is 6.07 Å². The summed E-state index contributed by atoms with van der Waals surface area (Å²) in [5, 5.41) is 2.75. The van der Waals surface area contributed by atoms with Crippen LogP contribution in [0.5, 0.6) is 11.5 Å². The molecule has 0 bridgehead atoms. The Kier molecular flexibility index (Phi) is 8.43. The molecule has 1 saturated heterocycles. The fourth-order valence-corrected chi connectivity index (χ4v) is 4.21. The molecule has 4 rings (SSSR count). The molecule has 3 aromatic rings. The summed E-state index contributed by atoms with van der Waals surface area (Å²) in [4.78, 5) is 31.5. The van der Waals surface area contributed by atoms with E-state index < -0.39 is 42.1 Å². The highest BCUT2D eigenvalue weighted by Gasteiger charge is 2.38. The number of halogens is 4. The van der Waals surface area contributed by atoms with Gasteiger partial charge < -0.3 is 23.9 Å². The van der Waals surface area contributed by atoms with Crippen LogP contribution in [0.3, 0.4) is 0 Å². The highest BCUT2D eigenvalue weighted by Crippen LogP contribution is 2.34. The maximum absolute atomic E-state index is 13.6. The van der Waals surface area contributed by atoms with E-state index in [1.54, 1.807) is 20.8 Å². The average Bonchev–Trinajstić information content (AvgIpc) is 3.26. The molecule has 13 heteroatoms. The van der Waals surface area contributed by atoms with Crippen LogP contribution in [0.25, 0.3) is 11.1 Å². The Hall–Kier alpha value is -3.67. The number of nitrogens with zero attached hydrogens (tertiary/aromatic N) is 2. The van der Waals surface area contributed by atoms with E-state index in [0.29, 0.717) is 18.4 Å². The standard InChI is InChI=1S/C26H27ClF3N3O6/c1-26(2,3)39-25(35)33-12-14(31-22(34)13-36-15-5-7-17(27)18(28)10-15)4-9-20(33)23-32-19-8-6-16(37-24(29)30)11-21(19)38-23/h5-8,10-11,14,20,24H,4,9,12-13H2,1-3H3,(H,31,34)/t14-,20+/m0/s1. The van der Waals surface area contributed by atoms with Crippen molar-refractivity contribution in [1.29, 1.82) is 0 Å². The Balaban J connectivity index is 1.47. The topological polar surface area (TPSA) is 103 Å². The number of ether oxygens (including phenoxy) is 3. The van der Waals surface area contributed by atoms with Gasteiger partial charge in [0, 0.05) is 24.7 Å². The SMILES string of the molecule is CC(C)(C)OC(=O)N1C[C@@H](NC(=O)COc2ccc(Cl)c(F)c2)CC[C@@H]1c1nc2ccc(OC(F)F)cc2o1. The summed E-state index contributed by atoms with van der Waals surface area (Å²) in [7, 11) is 0. The summed E-state index contributed by atoms with van der Waals surface area (Å²) in [5.74, 6) is -0.879. The van der Waals surface area contributed by atoms with Crippen LogP contribution in [-0.2, 0) is 9.53 Å². The zero-order valence-electron chi connectivity index (χ0n) is 21.4. The van der Waals surface area contributed by atoms with Crippen molar-refractivity contribution < 1.29 is 41.4 Å². The molecule has 0 spiro atoms. The van der Waals surface area contributed by atoms with Crippen LogP contribution in [0.4, 0.5) is 18.0 Å². The van der Waals surface area contributed by atoms with Gasteiger partial charge in [-0.2, -0.15) is 8.78 Å². The van der Waals surface area contributed by atoms with E-state index in [2.05, 4.69) is 15.0 Å². The number of fused-ring (bicyclic) bond motifs is 1. The molecule has 2 amide bonds. The monoisotopic (exact) mass is 569 g/mol. The van der Waals surface area contributed by atoms with Crippen LogP contribution >= 0.6 is 11.6 Å². The molecule has 2 atom stereocenters. The number of carbonyl (C=O) groups excluding carboxylic acids is 2. The summed E-state index contributed by atoms with van der Waals surface area (Å²) in [6.07, 6.45) is 0.188. The second-order valence-corrected chi connectivity index (χ2v) is 10.3. The van der Waals surface area contributed by atoms with Gasteiger partial charge in [-0.3, -0.25) is 9.69 Å². The number of alkyl halides is 2. The smallest absolute Gasteiger partial charge is 0.411 e. The lowest BCUT2D eigenvalue weighted by molar-refractivity contribution is -0.124. The van der Waals surface area contributed by atoms with Crippen LogP contribution in [0.1, 0.15) is 45.5 Å². The van der Waals surface area contributed by atoms with Crippen LogP contribution in [0, 0.1) is 5.82 Å². The predicted octanol–water partition coefficient (Wildman–Crippen LogP) is 5.86. The van der Waals surface area contributed by atoms with Gasteiger partial charge in [0.25, 0.3) is 5.91 Å². The van der Waals surface area contributed by atoms with Gasteiger partial charge in [-0.1, -0.05) is 11.6 Å². The fourth-order valence-electron chi connectivity index (χ4n) is 4.09. The molecular formula is C26H27ClF3N3O6. The summed E-state index contributed by atoms with van der Waals surface area (Å²) in [5.41, 5.74) is -0.164. The molecule has 2 aromatic carbocycles.